The fourth-order valence-electron chi connectivity index (χ4n) is 3.76. The van der Waals surface area contributed by atoms with E-state index in [1.54, 1.807) is 0 Å². The Morgan fingerprint density at radius 3 is 2.50 bits per heavy atom. The summed E-state index contributed by atoms with van der Waals surface area (Å²) in [5.74, 6) is 1.18. The van der Waals surface area contributed by atoms with Gasteiger partial charge in [-0.05, 0) is 71.6 Å². The number of carbonyl (C=O) groups is 1. The molecule has 6 heteroatoms. The van der Waals surface area contributed by atoms with E-state index in [0.29, 0.717) is 18.6 Å². The summed E-state index contributed by atoms with van der Waals surface area (Å²) in [5, 5.41) is 9.81. The fraction of sp³-hybridized carbons (Fsp3) is 0.667. The van der Waals surface area contributed by atoms with Crippen LogP contribution in [0.3, 0.4) is 0 Å². The van der Waals surface area contributed by atoms with Gasteiger partial charge in [0.2, 0.25) is 5.91 Å². The van der Waals surface area contributed by atoms with E-state index in [-0.39, 0.29) is 11.8 Å². The summed E-state index contributed by atoms with van der Waals surface area (Å²) < 4.78 is 0. The van der Waals surface area contributed by atoms with Crippen molar-refractivity contribution >= 4 is 17.6 Å². The number of hydrogen-bond acceptors (Lipinski definition) is 3. The Morgan fingerprint density at radius 1 is 1.17 bits per heavy atom. The zero-order valence-corrected chi connectivity index (χ0v) is 19.5. The van der Waals surface area contributed by atoms with Crippen LogP contribution in [0, 0.1) is 5.92 Å². The quantitative estimate of drug-likeness (QED) is 0.290. The zero-order chi connectivity index (χ0) is 21.9. The van der Waals surface area contributed by atoms with Crippen LogP contribution in [-0.2, 0) is 11.3 Å². The van der Waals surface area contributed by atoms with Crippen LogP contribution in [-0.4, -0.2) is 48.5 Å². The maximum atomic E-state index is 12.2. The molecule has 0 saturated heterocycles. The number of anilines is 1. The molecule has 3 N–H and O–H groups in total. The van der Waals surface area contributed by atoms with E-state index >= 15 is 0 Å². The highest BCUT2D eigenvalue weighted by Crippen LogP contribution is 2.27. The highest BCUT2D eigenvalue weighted by Gasteiger charge is 2.25. The summed E-state index contributed by atoms with van der Waals surface area (Å²) >= 11 is 0. The second kappa shape index (κ2) is 12.6. The summed E-state index contributed by atoms with van der Waals surface area (Å²) in [7, 11) is 0. The van der Waals surface area contributed by atoms with Crippen LogP contribution < -0.4 is 16.0 Å². The molecule has 6 nitrogen and oxygen atoms in total. The van der Waals surface area contributed by atoms with Gasteiger partial charge in [-0.2, -0.15) is 0 Å². The number of amides is 1. The number of guanidine groups is 1. The molecular formula is C24H41N5O. The molecular weight excluding hydrogens is 374 g/mol. The molecule has 1 fully saturated rings. The molecule has 1 aliphatic rings. The lowest BCUT2D eigenvalue weighted by Crippen LogP contribution is -2.41. The molecule has 2 rings (SSSR count). The summed E-state index contributed by atoms with van der Waals surface area (Å²) in [5.41, 5.74) is 1.95. The second-order valence-electron chi connectivity index (χ2n) is 8.72. The molecule has 1 aromatic carbocycles. The van der Waals surface area contributed by atoms with Crippen LogP contribution in [0.25, 0.3) is 0 Å². The molecule has 0 bridgehead atoms. The van der Waals surface area contributed by atoms with Gasteiger partial charge < -0.3 is 16.0 Å². The first-order valence-corrected chi connectivity index (χ1v) is 11.6. The highest BCUT2D eigenvalue weighted by molar-refractivity contribution is 5.93. The van der Waals surface area contributed by atoms with Crippen LogP contribution in [0.5, 0.6) is 0 Å². The molecule has 0 spiro atoms. The molecule has 0 heterocycles. The lowest BCUT2D eigenvalue weighted by molar-refractivity contribution is -0.122. The smallest absolute Gasteiger partial charge is 0.227 e. The van der Waals surface area contributed by atoms with Crippen molar-refractivity contribution in [2.24, 2.45) is 10.9 Å². The lowest BCUT2D eigenvalue weighted by Gasteiger charge is -2.30. The second-order valence-corrected chi connectivity index (χ2v) is 8.72. The Balaban J connectivity index is 1.84. The third-order valence-corrected chi connectivity index (χ3v) is 5.65. The predicted molar refractivity (Wildman–Crippen MR) is 127 cm³/mol. The van der Waals surface area contributed by atoms with Gasteiger partial charge in [0.1, 0.15) is 0 Å². The molecule has 0 aromatic heterocycles. The largest absolute Gasteiger partial charge is 0.357 e. The highest BCUT2D eigenvalue weighted by atomic mass is 16.1. The van der Waals surface area contributed by atoms with Crippen LogP contribution >= 0.6 is 0 Å². The molecule has 1 aromatic rings. The number of hydrogen-bond donors (Lipinski definition) is 3. The van der Waals surface area contributed by atoms with E-state index in [0.717, 1.165) is 56.1 Å². The average Bonchev–Trinajstić information content (AvgIpc) is 2.64. The molecule has 1 saturated carbocycles. The van der Waals surface area contributed by atoms with Crippen LogP contribution in [0.15, 0.2) is 29.3 Å². The molecule has 168 valence electrons. The summed E-state index contributed by atoms with van der Waals surface area (Å²) in [6.45, 7) is 14.4. The Kier molecular flexibility index (Phi) is 10.1. The van der Waals surface area contributed by atoms with E-state index in [4.69, 9.17) is 4.99 Å². The van der Waals surface area contributed by atoms with Gasteiger partial charge in [-0.3, -0.25) is 9.69 Å². The minimum atomic E-state index is 0.147. The summed E-state index contributed by atoms with van der Waals surface area (Å²) in [6.07, 6.45) is 4.27. The standard InChI is InChI=1S/C24H41N5O/c1-6-25-24(26-14-9-15-29(18(2)3)19(4)5)27-17-20-10-7-13-22(16-20)28-23(30)21-11-8-12-21/h7,10,13,16,18-19,21H,6,8-9,11-12,14-15,17H2,1-5H3,(H,28,30)(H2,25,26,27). The zero-order valence-electron chi connectivity index (χ0n) is 19.5. The number of nitrogens with zero attached hydrogens (tertiary/aromatic N) is 2. The Hall–Kier alpha value is -2.08. The number of rotatable bonds is 11. The van der Waals surface area contributed by atoms with Crippen molar-refractivity contribution in [3.05, 3.63) is 29.8 Å². The molecule has 30 heavy (non-hydrogen) atoms. The molecule has 1 amide bonds. The average molecular weight is 416 g/mol. The van der Waals surface area contributed by atoms with Crippen LogP contribution in [0.1, 0.15) is 65.9 Å². The molecule has 0 radical (unpaired) electrons. The number of carbonyl (C=O) groups excluding carboxylic acids is 1. The molecule has 0 aliphatic heterocycles. The van der Waals surface area contributed by atoms with Gasteiger partial charge in [0.25, 0.3) is 0 Å². The number of nitrogens with one attached hydrogen (secondary N) is 3. The first kappa shape index (κ1) is 24.2. The minimum Gasteiger partial charge on any atom is -0.357 e. The number of benzene rings is 1. The van der Waals surface area contributed by atoms with E-state index in [9.17, 15) is 4.79 Å². The first-order chi connectivity index (χ1) is 14.4. The molecule has 1 aliphatic carbocycles. The molecule has 0 atom stereocenters. The van der Waals surface area contributed by atoms with Gasteiger partial charge in [-0.15, -0.1) is 0 Å². The Morgan fingerprint density at radius 2 is 1.90 bits per heavy atom. The predicted octanol–water partition coefficient (Wildman–Crippen LogP) is 3.99. The molecule has 0 unspecified atom stereocenters. The van der Waals surface area contributed by atoms with Gasteiger partial charge in [0, 0.05) is 43.3 Å². The topological polar surface area (TPSA) is 68.8 Å². The third kappa shape index (κ3) is 7.98. The normalized spacial score (nSPS) is 14.9. The fourth-order valence-corrected chi connectivity index (χ4v) is 3.76. The van der Waals surface area contributed by atoms with Gasteiger partial charge in [0.05, 0.1) is 6.54 Å². The maximum absolute atomic E-state index is 12.2. The van der Waals surface area contributed by atoms with Crippen LogP contribution in [0.2, 0.25) is 0 Å². The maximum Gasteiger partial charge on any atom is 0.227 e. The van der Waals surface area contributed by atoms with Crippen molar-refractivity contribution in [1.82, 2.24) is 15.5 Å². The third-order valence-electron chi connectivity index (χ3n) is 5.65. The summed E-state index contributed by atoms with van der Waals surface area (Å²) in [4.78, 5) is 19.4. The van der Waals surface area contributed by atoms with E-state index in [2.05, 4.69) is 61.5 Å². The van der Waals surface area contributed by atoms with Crippen molar-refractivity contribution in [3.8, 4) is 0 Å². The van der Waals surface area contributed by atoms with Crippen molar-refractivity contribution in [3.63, 3.8) is 0 Å². The van der Waals surface area contributed by atoms with E-state index < -0.39 is 0 Å². The van der Waals surface area contributed by atoms with Gasteiger partial charge >= 0.3 is 0 Å². The SMILES string of the molecule is CCNC(=NCc1cccc(NC(=O)C2CCC2)c1)NCCCN(C(C)C)C(C)C. The Bertz CT molecular complexity index is 674. The Labute approximate surface area is 182 Å². The van der Waals surface area contributed by atoms with Crippen LogP contribution in [0.4, 0.5) is 5.69 Å². The first-order valence-electron chi connectivity index (χ1n) is 11.6. The van der Waals surface area contributed by atoms with Crippen molar-refractivity contribution in [1.29, 1.82) is 0 Å². The summed E-state index contributed by atoms with van der Waals surface area (Å²) in [6, 6.07) is 9.12. The van der Waals surface area contributed by atoms with E-state index in [1.165, 1.54) is 6.42 Å². The van der Waals surface area contributed by atoms with Gasteiger partial charge in [-0.25, -0.2) is 4.99 Å². The van der Waals surface area contributed by atoms with E-state index in [1.807, 2.05) is 18.2 Å². The monoisotopic (exact) mass is 415 g/mol. The number of aliphatic imine (C=N–C) groups is 1. The minimum absolute atomic E-state index is 0.147. The van der Waals surface area contributed by atoms with Crippen molar-refractivity contribution in [2.45, 2.75) is 78.9 Å². The van der Waals surface area contributed by atoms with Gasteiger partial charge in [-0.1, -0.05) is 18.6 Å². The van der Waals surface area contributed by atoms with Gasteiger partial charge in [0.15, 0.2) is 5.96 Å². The van der Waals surface area contributed by atoms with Crippen molar-refractivity contribution in [2.75, 3.05) is 25.0 Å². The van der Waals surface area contributed by atoms with Crippen molar-refractivity contribution < 1.29 is 4.79 Å². The lowest BCUT2D eigenvalue weighted by atomic mass is 9.85.